The maximum Gasteiger partial charge on any atom is 0.302 e. The molecule has 0 aliphatic carbocycles. The van der Waals surface area contributed by atoms with Crippen LogP contribution in [0.15, 0.2) is 12.2 Å². The van der Waals surface area contributed by atoms with Gasteiger partial charge in [-0.1, -0.05) is 32.4 Å². The molecule has 12 heavy (non-hydrogen) atoms. The predicted octanol–water partition coefficient (Wildman–Crippen LogP) is 2.54. The fourth-order valence-corrected chi connectivity index (χ4v) is 0.729. The Balaban J connectivity index is 3.31. The summed E-state index contributed by atoms with van der Waals surface area (Å²) in [7, 11) is 0. The van der Waals surface area contributed by atoms with Crippen molar-refractivity contribution in [3.63, 3.8) is 0 Å². The number of esters is 1. The van der Waals surface area contributed by atoms with Crippen molar-refractivity contribution in [1.29, 1.82) is 0 Å². The van der Waals surface area contributed by atoms with Crippen molar-refractivity contribution >= 4 is 5.97 Å². The number of hydrogen-bond acceptors (Lipinski definition) is 2. The summed E-state index contributed by atoms with van der Waals surface area (Å²) in [6.45, 7) is 6.20. The third-order valence-corrected chi connectivity index (χ3v) is 1.78. The lowest BCUT2D eigenvalue weighted by Crippen LogP contribution is -1.97. The summed E-state index contributed by atoms with van der Waals surface area (Å²) in [5.41, 5.74) is 0. The number of carbonyl (C=O) groups excluding carboxylic acids is 1. The molecule has 0 spiro atoms. The zero-order valence-corrected chi connectivity index (χ0v) is 8.17. The molecule has 0 saturated heterocycles. The molecule has 0 aromatic rings. The zero-order valence-electron chi connectivity index (χ0n) is 8.17. The monoisotopic (exact) mass is 170 g/mol. The molecular weight excluding hydrogens is 152 g/mol. The second kappa shape index (κ2) is 6.89. The van der Waals surface area contributed by atoms with Crippen molar-refractivity contribution < 1.29 is 9.53 Å². The van der Waals surface area contributed by atoms with E-state index < -0.39 is 0 Å². The Labute approximate surface area is 74.6 Å². The number of hydrogen-bond donors (Lipinski definition) is 0. The summed E-state index contributed by atoms with van der Waals surface area (Å²) in [6.07, 6.45) is 6.22. The Morgan fingerprint density at radius 1 is 1.50 bits per heavy atom. The second-order valence-electron chi connectivity index (χ2n) is 3.02. The third-order valence-electron chi connectivity index (χ3n) is 1.78. The first-order chi connectivity index (χ1) is 5.66. The van der Waals surface area contributed by atoms with E-state index in [2.05, 4.69) is 19.9 Å². The van der Waals surface area contributed by atoms with Crippen molar-refractivity contribution in [2.24, 2.45) is 5.92 Å². The fraction of sp³-hybridized carbons (Fsp3) is 0.700. The van der Waals surface area contributed by atoms with Crippen LogP contribution in [0.25, 0.3) is 0 Å². The Morgan fingerprint density at radius 2 is 2.17 bits per heavy atom. The number of allylic oxidation sites excluding steroid dienone is 1. The van der Waals surface area contributed by atoms with Crippen LogP contribution >= 0.6 is 0 Å². The van der Waals surface area contributed by atoms with Crippen LogP contribution in [-0.2, 0) is 9.53 Å². The Hall–Kier alpha value is -0.790. The van der Waals surface area contributed by atoms with Gasteiger partial charge in [-0.3, -0.25) is 4.79 Å². The predicted molar refractivity (Wildman–Crippen MR) is 49.8 cm³/mol. The van der Waals surface area contributed by atoms with Crippen LogP contribution in [0, 0.1) is 5.92 Å². The normalized spacial score (nSPS) is 13.2. The first kappa shape index (κ1) is 11.2. The minimum Gasteiger partial charge on any atom is -0.462 e. The molecule has 0 fully saturated rings. The lowest BCUT2D eigenvalue weighted by atomic mass is 10.1. The quantitative estimate of drug-likeness (QED) is 0.468. The van der Waals surface area contributed by atoms with Gasteiger partial charge in [0.15, 0.2) is 0 Å². The van der Waals surface area contributed by atoms with Gasteiger partial charge in [0.2, 0.25) is 0 Å². The SMILES string of the molecule is CCC(C)CC=CCOC(C)=O. The van der Waals surface area contributed by atoms with Crippen LogP contribution in [0.5, 0.6) is 0 Å². The molecule has 0 aromatic heterocycles. The maximum atomic E-state index is 10.3. The molecule has 1 unspecified atom stereocenters. The van der Waals surface area contributed by atoms with Gasteiger partial charge < -0.3 is 4.74 Å². The minimum atomic E-state index is -0.219. The molecule has 0 saturated carbocycles. The summed E-state index contributed by atoms with van der Waals surface area (Å²) in [4.78, 5) is 10.3. The molecule has 0 heterocycles. The lowest BCUT2D eigenvalue weighted by molar-refractivity contribution is -0.139. The highest BCUT2D eigenvalue weighted by Crippen LogP contribution is 2.06. The molecule has 2 nitrogen and oxygen atoms in total. The summed E-state index contributed by atoms with van der Waals surface area (Å²) in [6, 6.07) is 0. The summed E-state index contributed by atoms with van der Waals surface area (Å²) >= 11 is 0. The summed E-state index contributed by atoms with van der Waals surface area (Å²) in [5.74, 6) is 0.502. The van der Waals surface area contributed by atoms with Gasteiger partial charge in [-0.15, -0.1) is 0 Å². The van der Waals surface area contributed by atoms with Gasteiger partial charge >= 0.3 is 5.97 Å². The van der Waals surface area contributed by atoms with Crippen LogP contribution in [0.4, 0.5) is 0 Å². The highest BCUT2D eigenvalue weighted by atomic mass is 16.5. The molecule has 0 aliphatic heterocycles. The molecular formula is C10H18O2. The highest BCUT2D eigenvalue weighted by Gasteiger charge is 1.93. The van der Waals surface area contributed by atoms with Gasteiger partial charge in [-0.25, -0.2) is 0 Å². The van der Waals surface area contributed by atoms with Crippen LogP contribution in [0.1, 0.15) is 33.6 Å². The van der Waals surface area contributed by atoms with Crippen LogP contribution < -0.4 is 0 Å². The fourth-order valence-electron chi connectivity index (χ4n) is 0.729. The van der Waals surface area contributed by atoms with Crippen LogP contribution in [0.3, 0.4) is 0 Å². The van der Waals surface area contributed by atoms with E-state index in [0.717, 1.165) is 12.3 Å². The number of carbonyl (C=O) groups is 1. The Bertz CT molecular complexity index is 150. The van der Waals surface area contributed by atoms with Gasteiger partial charge in [0.25, 0.3) is 0 Å². The zero-order chi connectivity index (χ0) is 9.40. The molecule has 2 heteroatoms. The van der Waals surface area contributed by atoms with E-state index in [4.69, 9.17) is 4.74 Å². The van der Waals surface area contributed by atoms with Gasteiger partial charge in [0.05, 0.1) is 0 Å². The van der Waals surface area contributed by atoms with E-state index in [1.165, 1.54) is 13.3 Å². The van der Waals surface area contributed by atoms with Crippen molar-refractivity contribution in [1.82, 2.24) is 0 Å². The molecule has 0 bridgehead atoms. The summed E-state index contributed by atoms with van der Waals surface area (Å²) in [5, 5.41) is 0. The first-order valence-electron chi connectivity index (χ1n) is 4.45. The second-order valence-corrected chi connectivity index (χ2v) is 3.02. The molecule has 0 radical (unpaired) electrons. The number of rotatable bonds is 5. The average Bonchev–Trinajstić information content (AvgIpc) is 2.03. The van der Waals surface area contributed by atoms with E-state index in [1.54, 1.807) is 0 Å². The van der Waals surface area contributed by atoms with Gasteiger partial charge in [0.1, 0.15) is 6.61 Å². The highest BCUT2D eigenvalue weighted by molar-refractivity contribution is 5.65. The van der Waals surface area contributed by atoms with E-state index >= 15 is 0 Å². The lowest BCUT2D eigenvalue weighted by Gasteiger charge is -2.02. The van der Waals surface area contributed by atoms with Crippen molar-refractivity contribution in [3.8, 4) is 0 Å². The topological polar surface area (TPSA) is 26.3 Å². The Morgan fingerprint density at radius 3 is 2.67 bits per heavy atom. The van der Waals surface area contributed by atoms with Gasteiger partial charge in [0, 0.05) is 6.92 Å². The molecule has 1 atom stereocenters. The molecule has 0 rings (SSSR count). The minimum absolute atomic E-state index is 0.219. The summed E-state index contributed by atoms with van der Waals surface area (Å²) < 4.78 is 4.73. The van der Waals surface area contributed by atoms with Crippen molar-refractivity contribution in [3.05, 3.63) is 12.2 Å². The average molecular weight is 170 g/mol. The largest absolute Gasteiger partial charge is 0.462 e. The van der Waals surface area contributed by atoms with E-state index in [1.807, 2.05) is 6.08 Å². The van der Waals surface area contributed by atoms with Crippen molar-refractivity contribution in [2.75, 3.05) is 6.61 Å². The first-order valence-corrected chi connectivity index (χ1v) is 4.45. The van der Waals surface area contributed by atoms with E-state index in [-0.39, 0.29) is 5.97 Å². The van der Waals surface area contributed by atoms with Crippen LogP contribution in [-0.4, -0.2) is 12.6 Å². The van der Waals surface area contributed by atoms with Gasteiger partial charge in [-0.2, -0.15) is 0 Å². The van der Waals surface area contributed by atoms with Crippen LogP contribution in [0.2, 0.25) is 0 Å². The standard InChI is InChI=1S/C10H18O2/c1-4-9(2)7-5-6-8-12-10(3)11/h5-6,9H,4,7-8H2,1-3H3. The maximum absolute atomic E-state index is 10.3. The number of ether oxygens (including phenoxy) is 1. The third kappa shape index (κ3) is 7.32. The molecule has 0 amide bonds. The van der Waals surface area contributed by atoms with Gasteiger partial charge in [-0.05, 0) is 12.3 Å². The Kier molecular flexibility index (Phi) is 6.44. The van der Waals surface area contributed by atoms with Crippen molar-refractivity contribution in [2.45, 2.75) is 33.6 Å². The van der Waals surface area contributed by atoms with E-state index in [0.29, 0.717) is 6.61 Å². The smallest absolute Gasteiger partial charge is 0.302 e. The van der Waals surface area contributed by atoms with E-state index in [9.17, 15) is 4.79 Å². The molecule has 0 N–H and O–H groups in total. The molecule has 0 aromatic carbocycles. The molecule has 0 aliphatic rings. The molecule has 70 valence electrons.